The average Bonchev–Trinajstić information content (AvgIpc) is 2.53. The Labute approximate surface area is 165 Å². The lowest BCUT2D eigenvalue weighted by atomic mass is 9.86. The van der Waals surface area contributed by atoms with Crippen LogP contribution in [0.25, 0.3) is 0 Å². The first-order chi connectivity index (χ1) is 11.3. The minimum atomic E-state index is -1.68. The molecule has 1 unspecified atom stereocenters. The highest BCUT2D eigenvalue weighted by atomic mass is 35.6. The van der Waals surface area contributed by atoms with Gasteiger partial charge in [0.1, 0.15) is 6.17 Å². The number of carbonyl (C=O) groups excluding carboxylic acids is 1. The first-order valence-electron chi connectivity index (χ1n) is 8.73. The summed E-state index contributed by atoms with van der Waals surface area (Å²) in [6.07, 6.45) is 8.79. The molecular formula is C16H28Cl3N3OS. The zero-order valence-corrected chi connectivity index (χ0v) is 17.3. The number of hydrogen-bond donors (Lipinski definition) is 3. The number of unbranched alkanes of at least 4 members (excludes halogenated alkanes) is 1. The second-order valence-electron chi connectivity index (χ2n) is 6.34. The van der Waals surface area contributed by atoms with E-state index in [1.54, 1.807) is 0 Å². The maximum atomic E-state index is 12.2. The SMILES string of the molecule is CCCCNC(=S)NC(NC(=O)CCC1CCCCC1)C(Cl)(Cl)Cl. The molecule has 0 aromatic heterocycles. The fourth-order valence-corrected chi connectivity index (χ4v) is 3.35. The number of nitrogens with one attached hydrogen (secondary N) is 3. The normalized spacial score (nSPS) is 17.2. The Morgan fingerprint density at radius 1 is 1.21 bits per heavy atom. The highest BCUT2D eigenvalue weighted by Gasteiger charge is 2.34. The van der Waals surface area contributed by atoms with Crippen LogP contribution >= 0.6 is 47.0 Å². The molecule has 1 aliphatic rings. The van der Waals surface area contributed by atoms with Crippen molar-refractivity contribution in [3.8, 4) is 0 Å². The molecule has 1 saturated carbocycles. The first-order valence-corrected chi connectivity index (χ1v) is 10.3. The van der Waals surface area contributed by atoms with Gasteiger partial charge in [-0.3, -0.25) is 4.79 Å². The third-order valence-corrected chi connectivity index (χ3v) is 5.15. The van der Waals surface area contributed by atoms with E-state index in [1.807, 2.05) is 0 Å². The molecule has 1 fully saturated rings. The van der Waals surface area contributed by atoms with Crippen molar-refractivity contribution in [1.29, 1.82) is 0 Å². The number of hydrogen-bond acceptors (Lipinski definition) is 2. The molecule has 8 heteroatoms. The number of amides is 1. The van der Waals surface area contributed by atoms with E-state index in [0.717, 1.165) is 25.8 Å². The van der Waals surface area contributed by atoms with Crippen molar-refractivity contribution in [2.45, 2.75) is 74.7 Å². The lowest BCUT2D eigenvalue weighted by Gasteiger charge is -2.28. The maximum absolute atomic E-state index is 12.2. The van der Waals surface area contributed by atoms with Crippen LogP contribution in [0.2, 0.25) is 0 Å². The van der Waals surface area contributed by atoms with E-state index in [9.17, 15) is 4.79 Å². The van der Waals surface area contributed by atoms with Gasteiger partial charge < -0.3 is 16.0 Å². The third kappa shape index (κ3) is 9.50. The highest BCUT2D eigenvalue weighted by molar-refractivity contribution is 7.80. The summed E-state index contributed by atoms with van der Waals surface area (Å²) < 4.78 is -1.68. The molecular weight excluding hydrogens is 389 g/mol. The predicted octanol–water partition coefficient (Wildman–Crippen LogP) is 4.42. The smallest absolute Gasteiger partial charge is 0.228 e. The van der Waals surface area contributed by atoms with Gasteiger partial charge in [-0.1, -0.05) is 80.3 Å². The molecule has 3 N–H and O–H groups in total. The molecule has 1 atom stereocenters. The van der Waals surface area contributed by atoms with Gasteiger partial charge in [-0.25, -0.2) is 0 Å². The molecule has 1 amide bonds. The van der Waals surface area contributed by atoms with Crippen LogP contribution in [0.4, 0.5) is 0 Å². The molecule has 1 aliphatic carbocycles. The molecule has 0 aliphatic heterocycles. The molecule has 0 aromatic carbocycles. The summed E-state index contributed by atoms with van der Waals surface area (Å²) in [5, 5.41) is 9.03. The first kappa shape index (κ1) is 22.1. The van der Waals surface area contributed by atoms with Crippen LogP contribution in [0.3, 0.4) is 0 Å². The van der Waals surface area contributed by atoms with Crippen LogP contribution in [0.15, 0.2) is 0 Å². The van der Waals surface area contributed by atoms with Crippen molar-refractivity contribution >= 4 is 58.0 Å². The van der Waals surface area contributed by atoms with E-state index < -0.39 is 9.96 Å². The molecule has 0 bridgehead atoms. The van der Waals surface area contributed by atoms with Gasteiger partial charge in [0.05, 0.1) is 0 Å². The Morgan fingerprint density at radius 2 is 1.88 bits per heavy atom. The predicted molar refractivity (Wildman–Crippen MR) is 107 cm³/mol. The Kier molecular flexibility index (Phi) is 10.7. The van der Waals surface area contributed by atoms with Crippen LogP contribution in [0.1, 0.15) is 64.7 Å². The molecule has 140 valence electrons. The van der Waals surface area contributed by atoms with E-state index in [2.05, 4.69) is 22.9 Å². The molecule has 1 rings (SSSR count). The molecule has 0 saturated heterocycles. The second kappa shape index (κ2) is 11.6. The van der Waals surface area contributed by atoms with Crippen LogP contribution in [0.5, 0.6) is 0 Å². The van der Waals surface area contributed by atoms with Gasteiger partial charge in [0.15, 0.2) is 5.11 Å². The van der Waals surface area contributed by atoms with E-state index >= 15 is 0 Å². The average molecular weight is 417 g/mol. The van der Waals surface area contributed by atoms with Crippen LogP contribution in [0, 0.1) is 5.92 Å². The topological polar surface area (TPSA) is 53.2 Å². The van der Waals surface area contributed by atoms with Gasteiger partial charge >= 0.3 is 0 Å². The van der Waals surface area contributed by atoms with Gasteiger partial charge in [-0.15, -0.1) is 0 Å². The van der Waals surface area contributed by atoms with E-state index in [-0.39, 0.29) is 5.91 Å². The zero-order chi connectivity index (χ0) is 18.0. The lowest BCUT2D eigenvalue weighted by molar-refractivity contribution is -0.122. The quantitative estimate of drug-likeness (QED) is 0.237. The van der Waals surface area contributed by atoms with Crippen LogP contribution < -0.4 is 16.0 Å². The summed E-state index contributed by atoms with van der Waals surface area (Å²) in [4.78, 5) is 12.2. The lowest BCUT2D eigenvalue weighted by Crippen LogP contribution is -2.57. The fraction of sp³-hybridized carbons (Fsp3) is 0.875. The number of thiocarbonyl (C=S) groups is 1. The summed E-state index contributed by atoms with van der Waals surface area (Å²) in [5.41, 5.74) is 0. The van der Waals surface area contributed by atoms with Gasteiger partial charge in [-0.05, 0) is 31.0 Å². The number of carbonyl (C=O) groups is 1. The van der Waals surface area contributed by atoms with Crippen LogP contribution in [-0.4, -0.2) is 27.5 Å². The number of halogens is 3. The van der Waals surface area contributed by atoms with Gasteiger partial charge in [0.2, 0.25) is 9.70 Å². The largest absolute Gasteiger partial charge is 0.363 e. The van der Waals surface area contributed by atoms with Crippen molar-refractivity contribution in [3.63, 3.8) is 0 Å². The summed E-state index contributed by atoms with van der Waals surface area (Å²) in [7, 11) is 0. The van der Waals surface area contributed by atoms with Crippen molar-refractivity contribution in [3.05, 3.63) is 0 Å². The highest BCUT2D eigenvalue weighted by Crippen LogP contribution is 2.30. The van der Waals surface area contributed by atoms with E-state index in [1.165, 1.54) is 32.1 Å². The van der Waals surface area contributed by atoms with Crippen molar-refractivity contribution in [2.24, 2.45) is 5.92 Å². The zero-order valence-electron chi connectivity index (χ0n) is 14.2. The third-order valence-electron chi connectivity index (χ3n) is 4.23. The summed E-state index contributed by atoms with van der Waals surface area (Å²) in [6, 6.07) is 0. The van der Waals surface area contributed by atoms with E-state index in [0.29, 0.717) is 17.5 Å². The molecule has 24 heavy (non-hydrogen) atoms. The second-order valence-corrected chi connectivity index (χ2v) is 9.12. The van der Waals surface area contributed by atoms with Crippen LogP contribution in [-0.2, 0) is 4.79 Å². The minimum Gasteiger partial charge on any atom is -0.363 e. The van der Waals surface area contributed by atoms with Gasteiger partial charge in [0, 0.05) is 13.0 Å². The van der Waals surface area contributed by atoms with Gasteiger partial charge in [-0.2, -0.15) is 0 Å². The van der Waals surface area contributed by atoms with Crippen molar-refractivity contribution < 1.29 is 4.79 Å². The standard InChI is InChI=1S/C16H28Cl3N3OS/c1-2-3-11-20-15(24)22-14(16(17,18)19)21-13(23)10-9-12-7-5-4-6-8-12/h12,14H,2-11H2,1H3,(H,21,23)(H2,20,22,24). The molecule has 4 nitrogen and oxygen atoms in total. The van der Waals surface area contributed by atoms with Crippen molar-refractivity contribution in [2.75, 3.05) is 6.54 Å². The fourth-order valence-electron chi connectivity index (χ4n) is 2.80. The van der Waals surface area contributed by atoms with Crippen molar-refractivity contribution in [1.82, 2.24) is 16.0 Å². The Hall–Kier alpha value is 0.0300. The summed E-state index contributed by atoms with van der Waals surface area (Å²) >= 11 is 23.1. The molecule has 0 aromatic rings. The van der Waals surface area contributed by atoms with E-state index in [4.69, 9.17) is 47.0 Å². The monoisotopic (exact) mass is 415 g/mol. The number of rotatable bonds is 8. The Balaban J connectivity index is 2.40. The Bertz CT molecular complexity index is 399. The Morgan fingerprint density at radius 3 is 2.46 bits per heavy atom. The maximum Gasteiger partial charge on any atom is 0.228 e. The summed E-state index contributed by atoms with van der Waals surface area (Å²) in [5.74, 6) is 0.515. The molecule has 0 spiro atoms. The molecule has 0 radical (unpaired) electrons. The number of alkyl halides is 3. The van der Waals surface area contributed by atoms with Gasteiger partial charge in [0.25, 0.3) is 0 Å². The molecule has 0 heterocycles. The minimum absolute atomic E-state index is 0.124. The summed E-state index contributed by atoms with van der Waals surface area (Å²) in [6.45, 7) is 2.83.